The molecule has 0 bridgehead atoms. The molecule has 2 saturated heterocycles. The van der Waals surface area contributed by atoms with E-state index < -0.39 is 6.10 Å². The van der Waals surface area contributed by atoms with Crippen LogP contribution in [0.15, 0.2) is 18.3 Å². The van der Waals surface area contributed by atoms with Crippen molar-refractivity contribution in [3.63, 3.8) is 0 Å². The van der Waals surface area contributed by atoms with Gasteiger partial charge in [0.2, 0.25) is 0 Å². The minimum atomic E-state index is -0.402. The number of hydrogen-bond donors (Lipinski definition) is 1. The van der Waals surface area contributed by atoms with Crippen LogP contribution in [0.2, 0.25) is 0 Å². The second-order valence-corrected chi connectivity index (χ2v) is 6.28. The van der Waals surface area contributed by atoms with Crippen molar-refractivity contribution < 1.29 is 14.3 Å². The van der Waals surface area contributed by atoms with Gasteiger partial charge in [0, 0.05) is 25.0 Å². The normalized spacial score (nSPS) is 27.0. The molecule has 3 heterocycles. The summed E-state index contributed by atoms with van der Waals surface area (Å²) in [5.74, 6) is 0.0907. The first-order valence-electron chi connectivity index (χ1n) is 8.42. The van der Waals surface area contributed by atoms with Gasteiger partial charge in [-0.2, -0.15) is 0 Å². The van der Waals surface area contributed by atoms with Gasteiger partial charge in [-0.25, -0.2) is 0 Å². The van der Waals surface area contributed by atoms with Gasteiger partial charge in [-0.05, 0) is 51.2 Å². The summed E-state index contributed by atoms with van der Waals surface area (Å²) in [4.78, 5) is 17.9. The lowest BCUT2D eigenvalue weighted by Gasteiger charge is -2.28. The van der Waals surface area contributed by atoms with Gasteiger partial charge in [0.15, 0.2) is 0 Å². The summed E-state index contributed by atoms with van der Waals surface area (Å²) in [5.41, 5.74) is 1.12. The van der Waals surface area contributed by atoms with Gasteiger partial charge in [-0.15, -0.1) is 0 Å². The van der Waals surface area contributed by atoms with Crippen LogP contribution in [0.5, 0.6) is 0 Å². The van der Waals surface area contributed by atoms with E-state index in [0.717, 1.165) is 44.5 Å². The molecule has 1 N–H and O–H groups in total. The maximum absolute atomic E-state index is 12.7. The third-order valence-corrected chi connectivity index (χ3v) is 4.67. The molecule has 0 spiro atoms. The van der Waals surface area contributed by atoms with Crippen LogP contribution in [0.25, 0.3) is 0 Å². The zero-order valence-corrected chi connectivity index (χ0v) is 13.3. The van der Waals surface area contributed by atoms with Gasteiger partial charge in [-0.3, -0.25) is 4.79 Å². The van der Waals surface area contributed by atoms with Gasteiger partial charge in [-0.1, -0.05) is 0 Å². The number of amides is 1. The Morgan fingerprint density at radius 1 is 1.45 bits per heavy atom. The van der Waals surface area contributed by atoms with Crippen LogP contribution < -0.4 is 0 Å². The predicted molar refractivity (Wildman–Crippen MR) is 83.5 cm³/mol. The topological polar surface area (TPSA) is 54.6 Å². The lowest BCUT2D eigenvalue weighted by molar-refractivity contribution is -0.147. The quantitative estimate of drug-likeness (QED) is 0.910. The van der Waals surface area contributed by atoms with Crippen molar-refractivity contribution in [2.75, 3.05) is 19.8 Å². The van der Waals surface area contributed by atoms with E-state index in [1.165, 1.54) is 6.42 Å². The minimum absolute atomic E-state index is 0.0907. The van der Waals surface area contributed by atoms with Crippen molar-refractivity contribution >= 4 is 5.91 Å². The number of ether oxygens (including phenoxy) is 2. The van der Waals surface area contributed by atoms with Crippen molar-refractivity contribution in [3.05, 3.63) is 24.0 Å². The summed E-state index contributed by atoms with van der Waals surface area (Å²) < 4.78 is 11.5. The molecular formula is C17H26N2O3. The smallest absolute Gasteiger partial charge is 0.251 e. The highest BCUT2D eigenvalue weighted by molar-refractivity contribution is 5.81. The van der Waals surface area contributed by atoms with Gasteiger partial charge in [0.25, 0.3) is 5.91 Å². The molecule has 0 aromatic carbocycles. The number of nitrogens with zero attached hydrogens (tertiary/aromatic N) is 1. The highest BCUT2D eigenvalue weighted by Gasteiger charge is 2.33. The van der Waals surface area contributed by atoms with Crippen LogP contribution in [0.4, 0.5) is 0 Å². The molecule has 0 unspecified atom stereocenters. The Labute approximate surface area is 132 Å². The molecule has 1 aromatic rings. The van der Waals surface area contributed by atoms with Crippen molar-refractivity contribution in [3.8, 4) is 0 Å². The molecule has 2 fully saturated rings. The van der Waals surface area contributed by atoms with Crippen LogP contribution >= 0.6 is 0 Å². The Bertz CT molecular complexity index is 468. The number of nitrogens with one attached hydrogen (secondary N) is 1. The first-order valence-corrected chi connectivity index (χ1v) is 8.42. The van der Waals surface area contributed by atoms with Gasteiger partial charge in [0.1, 0.15) is 6.10 Å². The fraction of sp³-hybridized carbons (Fsp3) is 0.706. The summed E-state index contributed by atoms with van der Waals surface area (Å²) in [6.45, 7) is 4.01. The first-order chi connectivity index (χ1) is 10.8. The summed E-state index contributed by atoms with van der Waals surface area (Å²) in [6.07, 6.45) is 7.10. The second-order valence-electron chi connectivity index (χ2n) is 6.28. The molecule has 3 rings (SSSR count). The number of hydrogen-bond acceptors (Lipinski definition) is 3. The molecule has 1 aromatic heterocycles. The third kappa shape index (κ3) is 3.52. The first kappa shape index (κ1) is 15.6. The molecule has 5 heteroatoms. The van der Waals surface area contributed by atoms with Crippen molar-refractivity contribution in [1.82, 2.24) is 9.88 Å². The van der Waals surface area contributed by atoms with E-state index in [1.54, 1.807) is 0 Å². The summed E-state index contributed by atoms with van der Waals surface area (Å²) >= 11 is 0. The maximum Gasteiger partial charge on any atom is 0.251 e. The molecule has 0 saturated carbocycles. The van der Waals surface area contributed by atoms with E-state index in [4.69, 9.17) is 9.47 Å². The Hall–Kier alpha value is -1.33. The lowest BCUT2D eigenvalue weighted by Crippen LogP contribution is -2.40. The molecule has 1 amide bonds. The van der Waals surface area contributed by atoms with Crippen LogP contribution in [0, 0.1) is 0 Å². The van der Waals surface area contributed by atoms with Gasteiger partial charge in [0.05, 0.1) is 18.8 Å². The van der Waals surface area contributed by atoms with E-state index in [0.29, 0.717) is 6.61 Å². The van der Waals surface area contributed by atoms with Crippen molar-refractivity contribution in [2.24, 2.45) is 0 Å². The standard InChI is InChI=1S/C17H26N2O3/c1-13(22-12-14-6-2-3-11-21-14)17(20)19-10-5-8-16(19)15-7-4-9-18-15/h4,7,9,13-14,16,18H,2-3,5-6,8,10-12H2,1H3/t13-,14-,16+/m0/s1. The largest absolute Gasteiger partial charge is 0.376 e. The molecule has 122 valence electrons. The number of carbonyl (C=O) groups is 1. The predicted octanol–water partition coefficient (Wildman–Crippen LogP) is 2.65. The maximum atomic E-state index is 12.7. The zero-order valence-electron chi connectivity index (χ0n) is 13.3. The molecule has 0 aliphatic carbocycles. The van der Waals surface area contributed by atoms with Gasteiger partial charge < -0.3 is 19.4 Å². The second kappa shape index (κ2) is 7.29. The molecule has 22 heavy (non-hydrogen) atoms. The Kier molecular flexibility index (Phi) is 5.16. The lowest BCUT2D eigenvalue weighted by atomic mass is 10.1. The number of likely N-dealkylation sites (tertiary alicyclic amines) is 1. The van der Waals surface area contributed by atoms with Crippen molar-refractivity contribution in [1.29, 1.82) is 0 Å². The zero-order chi connectivity index (χ0) is 15.4. The number of carbonyl (C=O) groups excluding carboxylic acids is 1. The monoisotopic (exact) mass is 306 g/mol. The molecule has 3 atom stereocenters. The highest BCUT2D eigenvalue weighted by atomic mass is 16.5. The third-order valence-electron chi connectivity index (χ3n) is 4.67. The van der Waals surface area contributed by atoms with E-state index in [9.17, 15) is 4.79 Å². The number of rotatable bonds is 5. The SMILES string of the molecule is C[C@H](OC[C@@H]1CCCCO1)C(=O)N1CCC[C@@H]1c1ccc[nH]1. The number of H-pyrrole nitrogens is 1. The fourth-order valence-electron chi connectivity index (χ4n) is 3.40. The van der Waals surface area contributed by atoms with Crippen molar-refractivity contribution in [2.45, 2.75) is 57.3 Å². The van der Waals surface area contributed by atoms with E-state index in [2.05, 4.69) is 11.1 Å². The van der Waals surface area contributed by atoms with Crippen LogP contribution in [0.1, 0.15) is 50.8 Å². The van der Waals surface area contributed by atoms with E-state index >= 15 is 0 Å². The van der Waals surface area contributed by atoms with Crippen LogP contribution in [-0.2, 0) is 14.3 Å². The van der Waals surface area contributed by atoms with Crippen LogP contribution in [-0.4, -0.2) is 47.8 Å². The average Bonchev–Trinajstić information content (AvgIpc) is 3.23. The molecule has 5 nitrogen and oxygen atoms in total. The summed E-state index contributed by atoms with van der Waals surface area (Å²) in [5, 5.41) is 0. The Morgan fingerprint density at radius 2 is 2.36 bits per heavy atom. The van der Waals surface area contributed by atoms with Crippen LogP contribution in [0.3, 0.4) is 0 Å². The number of aromatic nitrogens is 1. The molecular weight excluding hydrogens is 280 g/mol. The van der Waals surface area contributed by atoms with Gasteiger partial charge >= 0.3 is 0 Å². The highest BCUT2D eigenvalue weighted by Crippen LogP contribution is 2.31. The molecule has 2 aliphatic heterocycles. The molecule has 2 aliphatic rings. The number of aromatic amines is 1. The summed E-state index contributed by atoms with van der Waals surface area (Å²) in [6, 6.07) is 4.20. The average molecular weight is 306 g/mol. The van der Waals surface area contributed by atoms with E-state index in [-0.39, 0.29) is 18.1 Å². The minimum Gasteiger partial charge on any atom is -0.376 e. The summed E-state index contributed by atoms with van der Waals surface area (Å²) in [7, 11) is 0. The fourth-order valence-corrected chi connectivity index (χ4v) is 3.40. The van der Waals surface area contributed by atoms with E-state index in [1.807, 2.05) is 24.1 Å². The molecule has 0 radical (unpaired) electrons. The Balaban J connectivity index is 1.53. The Morgan fingerprint density at radius 3 is 3.09 bits per heavy atom.